The van der Waals surface area contributed by atoms with Crippen molar-refractivity contribution in [3.8, 4) is 45.3 Å². The molecule has 0 saturated carbocycles. The Morgan fingerprint density at radius 1 is 0.694 bits per heavy atom. The number of hydrogen-bond donors (Lipinski definition) is 0. The number of alkyl halides is 2. The van der Waals surface area contributed by atoms with E-state index in [9.17, 15) is 28.0 Å². The summed E-state index contributed by atoms with van der Waals surface area (Å²) in [5, 5.41) is 0. The highest BCUT2D eigenvalue weighted by atomic mass is 19.3. The normalized spacial score (nSPS) is 9.82. The van der Waals surface area contributed by atoms with Crippen LogP contribution in [0.4, 0.5) is 8.78 Å². The van der Waals surface area contributed by atoms with E-state index in [4.69, 9.17) is 18.9 Å². The number of hydrogen-bond acceptors (Lipinski definition) is 8. The third-order valence-electron chi connectivity index (χ3n) is 6.55. The van der Waals surface area contributed by atoms with Crippen molar-refractivity contribution in [1.29, 1.82) is 0 Å². The van der Waals surface area contributed by atoms with Crippen LogP contribution in [0.5, 0.6) is 23.0 Å². The standard InChI is InChI=1S/C30H28F2O6.C5H8O.C4H6O/c1-7-18(4)30(34)38-25-13-10-21(16-27(25)36-6)22-11-8-19(14-23(22)28(31)32)20-9-12-24(26(15-20)35-5)37-29(33)17(2)3;1-3-5(2)4-6;1-4(2)3-5/h8-16,28H,2,4,7H2,1,3,5-6H3;4H,2-3H2,1H3;3H,1H2,2H3. The molecule has 0 N–H and O–H groups in total. The summed E-state index contributed by atoms with van der Waals surface area (Å²) in [6.45, 7) is 20.8. The molecule has 49 heavy (non-hydrogen) atoms. The molecule has 0 atom stereocenters. The zero-order chi connectivity index (χ0) is 37.3. The number of carbonyl (C=O) groups is 4. The summed E-state index contributed by atoms with van der Waals surface area (Å²) in [5.74, 6) is -0.371. The Bertz CT molecular complexity index is 1710. The van der Waals surface area contributed by atoms with Gasteiger partial charge in [0.25, 0.3) is 6.43 Å². The quantitative estimate of drug-likeness (QED) is 0.0764. The number of allylic oxidation sites excluding steroid dienone is 2. The Hall–Kier alpha value is -5.64. The fourth-order valence-corrected chi connectivity index (χ4v) is 3.62. The highest BCUT2D eigenvalue weighted by Gasteiger charge is 2.20. The van der Waals surface area contributed by atoms with Crippen LogP contribution in [0.25, 0.3) is 22.3 Å². The lowest BCUT2D eigenvalue weighted by Gasteiger charge is -2.15. The summed E-state index contributed by atoms with van der Waals surface area (Å²) in [6, 6.07) is 14.0. The molecule has 3 rings (SSSR count). The molecule has 0 bridgehead atoms. The maximum absolute atomic E-state index is 14.2. The van der Waals surface area contributed by atoms with E-state index in [1.165, 1.54) is 45.4 Å². The Morgan fingerprint density at radius 2 is 1.16 bits per heavy atom. The minimum atomic E-state index is -2.78. The van der Waals surface area contributed by atoms with Crippen molar-refractivity contribution in [3.63, 3.8) is 0 Å². The molecule has 0 radical (unpaired) electrons. The molecular weight excluding hydrogens is 634 g/mol. The molecule has 0 heterocycles. The van der Waals surface area contributed by atoms with Crippen LogP contribution in [0.15, 0.2) is 103 Å². The second-order valence-corrected chi connectivity index (χ2v) is 10.4. The molecule has 0 aliphatic carbocycles. The predicted molar refractivity (Wildman–Crippen MR) is 187 cm³/mol. The van der Waals surface area contributed by atoms with Crippen LogP contribution < -0.4 is 18.9 Å². The zero-order valence-electron chi connectivity index (χ0n) is 28.7. The SMILES string of the molecule is C=C(C)C(=O)Oc1ccc(-c2ccc(-c3ccc(OC(=O)C(=C)CC)c(OC)c3)c(C(F)F)c2)cc1OC.C=C(C)C=O.C=C(C=O)CC. The van der Waals surface area contributed by atoms with Crippen molar-refractivity contribution < 1.29 is 46.9 Å². The molecule has 0 aliphatic rings. The molecule has 0 aromatic heterocycles. The van der Waals surface area contributed by atoms with Crippen molar-refractivity contribution >= 4 is 24.5 Å². The van der Waals surface area contributed by atoms with E-state index < -0.39 is 18.4 Å². The van der Waals surface area contributed by atoms with Crippen molar-refractivity contribution in [3.05, 3.63) is 109 Å². The minimum absolute atomic E-state index is 0.158. The van der Waals surface area contributed by atoms with E-state index in [2.05, 4.69) is 26.3 Å². The molecule has 8 nitrogen and oxygen atoms in total. The maximum atomic E-state index is 14.2. The van der Waals surface area contributed by atoms with Crippen molar-refractivity contribution in [2.45, 2.75) is 47.0 Å². The van der Waals surface area contributed by atoms with Crippen molar-refractivity contribution in [1.82, 2.24) is 0 Å². The lowest BCUT2D eigenvalue weighted by atomic mass is 9.94. The van der Waals surface area contributed by atoms with Gasteiger partial charge >= 0.3 is 11.9 Å². The minimum Gasteiger partial charge on any atom is -0.493 e. The molecule has 0 amide bonds. The number of esters is 2. The summed E-state index contributed by atoms with van der Waals surface area (Å²) >= 11 is 0. The summed E-state index contributed by atoms with van der Waals surface area (Å²) in [4.78, 5) is 43.1. The third kappa shape index (κ3) is 12.8. The van der Waals surface area contributed by atoms with Crippen LogP contribution >= 0.6 is 0 Å². The number of rotatable bonds is 13. The molecule has 260 valence electrons. The monoisotopic (exact) mass is 676 g/mol. The summed E-state index contributed by atoms with van der Waals surface area (Å²) in [6.07, 6.45) is -0.0832. The van der Waals surface area contributed by atoms with Gasteiger partial charge in [-0.25, -0.2) is 18.4 Å². The Labute approximate surface area is 286 Å². The zero-order valence-corrected chi connectivity index (χ0v) is 28.7. The van der Waals surface area contributed by atoms with Gasteiger partial charge in [-0.15, -0.1) is 0 Å². The molecule has 0 spiro atoms. The average Bonchev–Trinajstić information content (AvgIpc) is 3.11. The molecule has 0 fully saturated rings. The van der Waals surface area contributed by atoms with E-state index in [-0.39, 0.29) is 39.7 Å². The van der Waals surface area contributed by atoms with Crippen LogP contribution in [0.3, 0.4) is 0 Å². The highest BCUT2D eigenvalue weighted by molar-refractivity contribution is 5.90. The van der Waals surface area contributed by atoms with E-state index in [1.54, 1.807) is 44.2 Å². The van der Waals surface area contributed by atoms with Gasteiger partial charge < -0.3 is 18.9 Å². The molecule has 0 unspecified atom stereocenters. The van der Waals surface area contributed by atoms with Gasteiger partial charge in [-0.2, -0.15) is 0 Å². The maximum Gasteiger partial charge on any atom is 0.338 e. The van der Waals surface area contributed by atoms with Gasteiger partial charge in [0.15, 0.2) is 23.0 Å². The third-order valence-corrected chi connectivity index (χ3v) is 6.55. The molecule has 10 heteroatoms. The van der Waals surface area contributed by atoms with Gasteiger partial charge in [-0.3, -0.25) is 9.59 Å². The summed E-state index contributed by atoms with van der Waals surface area (Å²) < 4.78 is 49.7. The number of halogens is 2. The number of aldehydes is 2. The highest BCUT2D eigenvalue weighted by Crippen LogP contribution is 2.40. The van der Waals surface area contributed by atoms with Crippen molar-refractivity contribution in [2.75, 3.05) is 14.2 Å². The second-order valence-electron chi connectivity index (χ2n) is 10.4. The van der Waals surface area contributed by atoms with E-state index in [0.29, 0.717) is 39.8 Å². The Morgan fingerprint density at radius 3 is 1.57 bits per heavy atom. The Balaban J connectivity index is 0.000000942. The number of methoxy groups -OCH3 is 2. The first-order valence-corrected chi connectivity index (χ1v) is 15.0. The van der Waals surface area contributed by atoms with Gasteiger partial charge in [0, 0.05) is 16.7 Å². The predicted octanol–water partition coefficient (Wildman–Crippen LogP) is 9.24. The van der Waals surface area contributed by atoms with Gasteiger partial charge in [-0.05, 0) is 90.4 Å². The van der Waals surface area contributed by atoms with E-state index in [0.717, 1.165) is 19.0 Å². The second kappa shape index (κ2) is 20.6. The molecule has 0 saturated heterocycles. The van der Waals surface area contributed by atoms with E-state index >= 15 is 0 Å². The van der Waals surface area contributed by atoms with Crippen molar-refractivity contribution in [2.24, 2.45) is 0 Å². The van der Waals surface area contributed by atoms with Crippen LogP contribution in [0.2, 0.25) is 0 Å². The first-order chi connectivity index (χ1) is 23.2. The van der Waals surface area contributed by atoms with Crippen LogP contribution in [0.1, 0.15) is 52.5 Å². The summed E-state index contributed by atoms with van der Waals surface area (Å²) in [7, 11) is 2.81. The molecule has 0 aliphatic heterocycles. The number of benzene rings is 3. The lowest BCUT2D eigenvalue weighted by Crippen LogP contribution is -2.10. The van der Waals surface area contributed by atoms with Crippen LogP contribution in [0, 0.1) is 0 Å². The average molecular weight is 677 g/mol. The molecular formula is C39H42F2O8. The van der Waals surface area contributed by atoms with Gasteiger partial charge in [-0.1, -0.05) is 64.4 Å². The Kier molecular flexibility index (Phi) is 17.4. The first kappa shape index (κ1) is 41.4. The van der Waals surface area contributed by atoms with E-state index in [1.807, 2.05) is 6.92 Å². The lowest BCUT2D eigenvalue weighted by molar-refractivity contribution is -0.131. The first-order valence-electron chi connectivity index (χ1n) is 15.0. The summed E-state index contributed by atoms with van der Waals surface area (Å²) in [5.41, 5.74) is 3.39. The largest absolute Gasteiger partial charge is 0.493 e. The van der Waals surface area contributed by atoms with Gasteiger partial charge in [0.2, 0.25) is 0 Å². The molecule has 3 aromatic carbocycles. The molecule has 3 aromatic rings. The topological polar surface area (TPSA) is 105 Å². The fraction of sp³-hybridized carbons (Fsp3) is 0.231. The van der Waals surface area contributed by atoms with Gasteiger partial charge in [0.05, 0.1) is 14.2 Å². The fourth-order valence-electron chi connectivity index (χ4n) is 3.62. The smallest absolute Gasteiger partial charge is 0.338 e. The van der Waals surface area contributed by atoms with Crippen LogP contribution in [-0.2, 0) is 19.2 Å². The van der Waals surface area contributed by atoms with Crippen LogP contribution in [-0.4, -0.2) is 38.7 Å². The number of ether oxygens (including phenoxy) is 4. The van der Waals surface area contributed by atoms with Gasteiger partial charge in [0.1, 0.15) is 12.6 Å². The number of carbonyl (C=O) groups excluding carboxylic acids is 4.